The normalized spacial score (nSPS) is 13.1. The molecule has 246 valence electrons. The number of fused-ring (bicyclic) bond motifs is 8. The molecule has 0 amide bonds. The molecule has 2 aliphatic heterocycles. The van der Waals surface area contributed by atoms with Crippen LogP contribution in [0, 0.1) is 0 Å². The summed E-state index contributed by atoms with van der Waals surface area (Å²) in [6.45, 7) is 0. The van der Waals surface area contributed by atoms with E-state index in [9.17, 15) is 0 Å². The van der Waals surface area contributed by atoms with E-state index in [1.54, 1.807) is 0 Å². The van der Waals surface area contributed by atoms with Crippen LogP contribution >= 0.6 is 0 Å². The Morgan fingerprint density at radius 3 is 1.25 bits per heavy atom. The summed E-state index contributed by atoms with van der Waals surface area (Å²) in [6, 6.07) is 70.6. The summed E-state index contributed by atoms with van der Waals surface area (Å²) in [5.74, 6) is 3.32. The molecule has 2 heterocycles. The van der Waals surface area contributed by atoms with Gasteiger partial charge in [0.25, 0.3) is 0 Å². The van der Waals surface area contributed by atoms with Crippen LogP contribution in [0.1, 0.15) is 22.3 Å². The zero-order valence-corrected chi connectivity index (χ0v) is 28.3. The second-order valence-corrected chi connectivity index (χ2v) is 13.3. The van der Waals surface area contributed by atoms with Crippen molar-refractivity contribution in [2.45, 2.75) is 5.41 Å². The van der Waals surface area contributed by atoms with Crippen molar-refractivity contribution >= 4 is 17.1 Å². The van der Waals surface area contributed by atoms with E-state index >= 15 is 0 Å². The zero-order chi connectivity index (χ0) is 34.5. The third-order valence-electron chi connectivity index (χ3n) is 10.4. The van der Waals surface area contributed by atoms with E-state index in [4.69, 9.17) is 9.47 Å². The summed E-state index contributed by atoms with van der Waals surface area (Å²) in [5, 5.41) is 0. The van der Waals surface area contributed by atoms with Crippen molar-refractivity contribution in [3.8, 4) is 45.3 Å². The van der Waals surface area contributed by atoms with E-state index < -0.39 is 5.41 Å². The van der Waals surface area contributed by atoms with E-state index in [0.29, 0.717) is 0 Å². The lowest BCUT2D eigenvalue weighted by molar-refractivity contribution is 0.400. The highest BCUT2D eigenvalue weighted by Gasteiger charge is 2.51. The third-order valence-corrected chi connectivity index (χ3v) is 10.4. The summed E-state index contributed by atoms with van der Waals surface area (Å²) >= 11 is 0. The molecule has 0 bridgehead atoms. The van der Waals surface area contributed by atoms with Crippen molar-refractivity contribution < 1.29 is 9.47 Å². The largest absolute Gasteiger partial charge is 0.457 e. The topological polar surface area (TPSA) is 21.7 Å². The Hall–Kier alpha value is -6.84. The lowest BCUT2D eigenvalue weighted by atomic mass is 9.62. The molecule has 1 spiro atoms. The summed E-state index contributed by atoms with van der Waals surface area (Å²) < 4.78 is 13.7. The average molecular weight is 668 g/mol. The van der Waals surface area contributed by atoms with Crippen LogP contribution in [0.5, 0.6) is 23.0 Å². The summed E-state index contributed by atoms with van der Waals surface area (Å²) in [6.07, 6.45) is 0. The van der Waals surface area contributed by atoms with E-state index in [0.717, 1.165) is 84.6 Å². The predicted octanol–water partition coefficient (Wildman–Crippen LogP) is 13.1. The van der Waals surface area contributed by atoms with Gasteiger partial charge in [-0.3, -0.25) is 0 Å². The molecule has 8 aromatic rings. The van der Waals surface area contributed by atoms with Crippen LogP contribution in [0.15, 0.2) is 200 Å². The molecule has 0 fully saturated rings. The van der Waals surface area contributed by atoms with Crippen LogP contribution < -0.4 is 14.4 Å². The molecule has 10 rings (SSSR count). The van der Waals surface area contributed by atoms with Crippen molar-refractivity contribution in [2.24, 2.45) is 0 Å². The number of benzene rings is 8. The van der Waals surface area contributed by atoms with Crippen molar-refractivity contribution in [3.05, 3.63) is 222 Å². The monoisotopic (exact) mass is 667 g/mol. The van der Waals surface area contributed by atoms with Crippen LogP contribution in [0.4, 0.5) is 17.1 Å². The van der Waals surface area contributed by atoms with Gasteiger partial charge in [-0.2, -0.15) is 0 Å². The maximum absolute atomic E-state index is 7.14. The summed E-state index contributed by atoms with van der Waals surface area (Å²) in [5.41, 5.74) is 11.3. The summed E-state index contributed by atoms with van der Waals surface area (Å²) in [7, 11) is 0. The molecule has 0 N–H and O–H groups in total. The molecule has 0 radical (unpaired) electrons. The van der Waals surface area contributed by atoms with E-state index in [1.165, 1.54) is 0 Å². The van der Waals surface area contributed by atoms with E-state index in [-0.39, 0.29) is 0 Å². The number of para-hydroxylation sites is 4. The second kappa shape index (κ2) is 12.2. The Balaban J connectivity index is 1.27. The van der Waals surface area contributed by atoms with E-state index in [2.05, 4.69) is 193 Å². The molecular weight excluding hydrogens is 635 g/mol. The molecule has 0 unspecified atom stereocenters. The first-order chi connectivity index (χ1) is 25.8. The van der Waals surface area contributed by atoms with Gasteiger partial charge in [0, 0.05) is 33.6 Å². The van der Waals surface area contributed by atoms with Gasteiger partial charge >= 0.3 is 0 Å². The van der Waals surface area contributed by atoms with Gasteiger partial charge < -0.3 is 14.4 Å². The van der Waals surface area contributed by atoms with Crippen molar-refractivity contribution in [2.75, 3.05) is 4.90 Å². The van der Waals surface area contributed by atoms with Gasteiger partial charge in [0.05, 0.1) is 11.1 Å². The molecule has 52 heavy (non-hydrogen) atoms. The van der Waals surface area contributed by atoms with Crippen LogP contribution in [0.3, 0.4) is 0 Å². The van der Waals surface area contributed by atoms with Crippen molar-refractivity contribution in [1.82, 2.24) is 0 Å². The zero-order valence-electron chi connectivity index (χ0n) is 28.3. The molecule has 3 heteroatoms. The molecule has 0 saturated heterocycles. The molecule has 8 aromatic carbocycles. The van der Waals surface area contributed by atoms with Gasteiger partial charge in [0.2, 0.25) is 0 Å². The predicted molar refractivity (Wildman–Crippen MR) is 210 cm³/mol. The third kappa shape index (κ3) is 4.67. The number of anilines is 3. The minimum atomic E-state index is -0.685. The fraction of sp³-hybridized carbons (Fsp3) is 0.0204. The first-order valence-corrected chi connectivity index (χ1v) is 17.7. The smallest absolute Gasteiger partial charge is 0.156 e. The van der Waals surface area contributed by atoms with E-state index in [1.807, 2.05) is 12.1 Å². The molecule has 0 aromatic heterocycles. The Labute approximate surface area is 303 Å². The van der Waals surface area contributed by atoms with Crippen LogP contribution in [0.25, 0.3) is 22.3 Å². The fourth-order valence-corrected chi connectivity index (χ4v) is 8.14. The van der Waals surface area contributed by atoms with Crippen molar-refractivity contribution in [1.29, 1.82) is 0 Å². The van der Waals surface area contributed by atoms with Gasteiger partial charge in [0.15, 0.2) is 5.75 Å². The Morgan fingerprint density at radius 2 is 0.731 bits per heavy atom. The fourth-order valence-electron chi connectivity index (χ4n) is 8.14. The number of nitrogens with zero attached hydrogens (tertiary/aromatic N) is 1. The maximum atomic E-state index is 7.14. The SMILES string of the molecule is c1ccc(-c2cccc(N(c3cccc(-c4ccccc4)c3)c3cccc4c3Oc3ccccc3C43c4ccccc4Oc4ccccc43)c2)cc1. The number of hydrogen-bond acceptors (Lipinski definition) is 3. The molecule has 0 saturated carbocycles. The Morgan fingerprint density at radius 1 is 0.327 bits per heavy atom. The number of hydrogen-bond donors (Lipinski definition) is 0. The minimum absolute atomic E-state index is 0.685. The highest BCUT2D eigenvalue weighted by Crippen LogP contribution is 2.63. The maximum Gasteiger partial charge on any atom is 0.156 e. The molecule has 3 nitrogen and oxygen atoms in total. The van der Waals surface area contributed by atoms with Crippen LogP contribution in [-0.2, 0) is 5.41 Å². The molecule has 0 atom stereocenters. The minimum Gasteiger partial charge on any atom is -0.457 e. The lowest BCUT2D eigenvalue weighted by Crippen LogP contribution is -2.37. The first-order valence-electron chi connectivity index (χ1n) is 17.7. The summed E-state index contributed by atoms with van der Waals surface area (Å²) in [4.78, 5) is 2.34. The molecule has 0 aliphatic carbocycles. The molecular formula is C49H33NO2. The Bertz CT molecular complexity index is 2450. The van der Waals surface area contributed by atoms with Crippen LogP contribution in [-0.4, -0.2) is 0 Å². The highest BCUT2D eigenvalue weighted by atomic mass is 16.5. The second-order valence-electron chi connectivity index (χ2n) is 13.3. The number of ether oxygens (including phenoxy) is 2. The lowest BCUT2D eigenvalue weighted by Gasteiger charge is -2.45. The quantitative estimate of drug-likeness (QED) is 0.182. The number of rotatable bonds is 5. The Kier molecular flexibility index (Phi) is 7.04. The van der Waals surface area contributed by atoms with Gasteiger partial charge in [0.1, 0.15) is 17.2 Å². The highest BCUT2D eigenvalue weighted by molar-refractivity contribution is 5.88. The first kappa shape index (κ1) is 30.0. The van der Waals surface area contributed by atoms with Crippen LogP contribution in [0.2, 0.25) is 0 Å². The van der Waals surface area contributed by atoms with Crippen molar-refractivity contribution in [3.63, 3.8) is 0 Å². The standard InChI is InChI=1S/C49H33NO2/c1-3-16-34(17-4-1)36-20-13-22-38(32-36)50(39-23-14-21-37(33-39)35-18-5-2-6-19-35)44-28-15-27-43-48(44)52-47-31-12-9-26-42(47)49(43)40-24-7-10-29-45(40)51-46-30-11-8-25-41(46)49/h1-33H. The van der Waals surface area contributed by atoms with Gasteiger partial charge in [-0.15, -0.1) is 0 Å². The molecule has 2 aliphatic rings. The average Bonchev–Trinajstić information content (AvgIpc) is 3.22. The van der Waals surface area contributed by atoms with Gasteiger partial charge in [-0.1, -0.05) is 152 Å². The van der Waals surface area contributed by atoms with Gasteiger partial charge in [-0.05, 0) is 70.8 Å². The van der Waals surface area contributed by atoms with Gasteiger partial charge in [-0.25, -0.2) is 0 Å².